The summed E-state index contributed by atoms with van der Waals surface area (Å²) in [6.45, 7) is 5.94. The van der Waals surface area contributed by atoms with Gasteiger partial charge in [-0.1, -0.05) is 13.3 Å². The maximum Gasteiger partial charge on any atom is 0.216 e. The van der Waals surface area contributed by atoms with Crippen LogP contribution in [0.5, 0.6) is 0 Å². The smallest absolute Gasteiger partial charge is 0.216 e. The van der Waals surface area contributed by atoms with Crippen LogP contribution in [0.25, 0.3) is 0 Å². The summed E-state index contributed by atoms with van der Waals surface area (Å²) in [6, 6.07) is 0. The van der Waals surface area contributed by atoms with Gasteiger partial charge in [0.2, 0.25) is 5.91 Å². The van der Waals surface area contributed by atoms with Gasteiger partial charge in [0.25, 0.3) is 0 Å². The Morgan fingerprint density at radius 3 is 2.29 bits per heavy atom. The molecule has 1 N–H and O–H groups in total. The third kappa shape index (κ3) is 6.63. The average Bonchev–Trinajstić information content (AvgIpc) is 2.10. The van der Waals surface area contributed by atoms with Crippen LogP contribution in [0.15, 0.2) is 0 Å². The van der Waals surface area contributed by atoms with Gasteiger partial charge < -0.3 is 5.32 Å². The Bertz CT molecular complexity index is 190. The van der Waals surface area contributed by atoms with Gasteiger partial charge >= 0.3 is 0 Å². The van der Waals surface area contributed by atoms with Crippen molar-refractivity contribution < 1.29 is 9.59 Å². The Kier molecular flexibility index (Phi) is 7.07. The molecule has 0 fully saturated rings. The van der Waals surface area contributed by atoms with Crippen LogP contribution < -0.4 is 5.32 Å². The van der Waals surface area contributed by atoms with Crippen LogP contribution in [-0.4, -0.2) is 18.2 Å². The highest BCUT2D eigenvalue weighted by Crippen LogP contribution is 2.12. The molecule has 0 spiro atoms. The Balaban J connectivity index is 3.42. The van der Waals surface area contributed by atoms with E-state index in [0.717, 1.165) is 32.2 Å². The first-order valence-corrected chi connectivity index (χ1v) is 5.32. The third-order valence-corrected chi connectivity index (χ3v) is 2.42. The van der Waals surface area contributed by atoms with E-state index in [1.54, 1.807) is 6.92 Å². The van der Waals surface area contributed by atoms with Crippen molar-refractivity contribution in [2.75, 3.05) is 6.54 Å². The lowest BCUT2D eigenvalue weighted by Crippen LogP contribution is -2.21. The van der Waals surface area contributed by atoms with E-state index in [0.29, 0.717) is 0 Å². The summed E-state index contributed by atoms with van der Waals surface area (Å²) in [4.78, 5) is 21.6. The molecule has 0 rings (SSSR count). The van der Waals surface area contributed by atoms with Crippen molar-refractivity contribution in [3.63, 3.8) is 0 Å². The zero-order valence-electron chi connectivity index (χ0n) is 9.43. The van der Waals surface area contributed by atoms with Crippen LogP contribution in [0.3, 0.4) is 0 Å². The van der Waals surface area contributed by atoms with Crippen LogP contribution in [0.1, 0.15) is 46.5 Å². The van der Waals surface area contributed by atoms with Crippen LogP contribution in [0.4, 0.5) is 0 Å². The molecule has 0 radical (unpaired) electrons. The van der Waals surface area contributed by atoms with Gasteiger partial charge in [0.1, 0.15) is 5.78 Å². The fraction of sp³-hybridized carbons (Fsp3) is 0.818. The van der Waals surface area contributed by atoms with E-state index in [-0.39, 0.29) is 17.6 Å². The van der Waals surface area contributed by atoms with Gasteiger partial charge in [-0.3, -0.25) is 9.59 Å². The molecule has 1 atom stereocenters. The zero-order chi connectivity index (χ0) is 11.0. The van der Waals surface area contributed by atoms with E-state index in [1.165, 1.54) is 6.92 Å². The van der Waals surface area contributed by atoms with Crippen molar-refractivity contribution in [3.05, 3.63) is 0 Å². The number of hydrogen-bond acceptors (Lipinski definition) is 2. The summed E-state index contributed by atoms with van der Waals surface area (Å²) < 4.78 is 0. The largest absolute Gasteiger partial charge is 0.356 e. The van der Waals surface area contributed by atoms with E-state index >= 15 is 0 Å². The van der Waals surface area contributed by atoms with Gasteiger partial charge in [0, 0.05) is 19.4 Å². The summed E-state index contributed by atoms with van der Waals surface area (Å²) in [5.74, 6) is 0.517. The van der Waals surface area contributed by atoms with Crippen molar-refractivity contribution in [2.24, 2.45) is 5.92 Å². The molecule has 0 aliphatic carbocycles. The second-order valence-corrected chi connectivity index (χ2v) is 3.69. The molecule has 14 heavy (non-hydrogen) atoms. The topological polar surface area (TPSA) is 46.2 Å². The lowest BCUT2D eigenvalue weighted by atomic mass is 9.95. The summed E-state index contributed by atoms with van der Waals surface area (Å²) in [5.41, 5.74) is 0. The quantitative estimate of drug-likeness (QED) is 0.637. The molecule has 0 heterocycles. The number of carbonyl (C=O) groups is 2. The first-order chi connectivity index (χ1) is 6.57. The molecule has 0 saturated carbocycles. The van der Waals surface area contributed by atoms with Gasteiger partial charge in [-0.15, -0.1) is 0 Å². The Morgan fingerprint density at radius 1 is 1.21 bits per heavy atom. The van der Waals surface area contributed by atoms with Crippen LogP contribution in [0, 0.1) is 5.92 Å². The molecule has 82 valence electrons. The van der Waals surface area contributed by atoms with Crippen molar-refractivity contribution in [3.8, 4) is 0 Å². The molecule has 0 aromatic rings. The van der Waals surface area contributed by atoms with E-state index in [9.17, 15) is 9.59 Å². The number of rotatable bonds is 7. The molecular weight excluding hydrogens is 178 g/mol. The maximum absolute atomic E-state index is 11.1. The number of amides is 1. The number of unbranched alkanes of at least 4 members (excludes halogenated alkanes) is 1. The molecule has 0 bridgehead atoms. The SMILES string of the molecule is CC[C@@H](CCCCNC(C)=O)C(C)=O. The second kappa shape index (κ2) is 7.54. The third-order valence-electron chi connectivity index (χ3n) is 2.42. The number of ketones is 1. The van der Waals surface area contributed by atoms with Crippen molar-refractivity contribution >= 4 is 11.7 Å². The second-order valence-electron chi connectivity index (χ2n) is 3.69. The van der Waals surface area contributed by atoms with E-state index in [1.807, 2.05) is 6.92 Å². The molecule has 0 aromatic carbocycles. The van der Waals surface area contributed by atoms with E-state index < -0.39 is 0 Å². The van der Waals surface area contributed by atoms with Crippen LogP contribution in [0.2, 0.25) is 0 Å². The molecule has 0 aliphatic heterocycles. The predicted octanol–water partition coefficient (Wildman–Crippen LogP) is 1.91. The summed E-state index contributed by atoms with van der Waals surface area (Å²) in [7, 11) is 0. The highest BCUT2D eigenvalue weighted by Gasteiger charge is 2.10. The fourth-order valence-corrected chi connectivity index (χ4v) is 1.48. The highest BCUT2D eigenvalue weighted by molar-refractivity contribution is 5.78. The first kappa shape index (κ1) is 13.1. The van der Waals surface area contributed by atoms with Crippen LogP contribution >= 0.6 is 0 Å². The maximum atomic E-state index is 11.1. The predicted molar refractivity (Wildman–Crippen MR) is 57.0 cm³/mol. The highest BCUT2D eigenvalue weighted by atomic mass is 16.1. The van der Waals surface area contributed by atoms with Gasteiger partial charge in [-0.05, 0) is 26.2 Å². The van der Waals surface area contributed by atoms with Crippen molar-refractivity contribution in [1.29, 1.82) is 0 Å². The van der Waals surface area contributed by atoms with E-state index in [2.05, 4.69) is 5.32 Å². The summed E-state index contributed by atoms with van der Waals surface area (Å²) >= 11 is 0. The molecule has 3 nitrogen and oxygen atoms in total. The zero-order valence-corrected chi connectivity index (χ0v) is 9.43. The Morgan fingerprint density at radius 2 is 1.86 bits per heavy atom. The minimum atomic E-state index is 0.0172. The van der Waals surface area contributed by atoms with Crippen LogP contribution in [-0.2, 0) is 9.59 Å². The fourth-order valence-electron chi connectivity index (χ4n) is 1.48. The van der Waals surface area contributed by atoms with Crippen molar-refractivity contribution in [1.82, 2.24) is 5.32 Å². The minimum Gasteiger partial charge on any atom is -0.356 e. The molecule has 3 heteroatoms. The normalized spacial score (nSPS) is 12.2. The van der Waals surface area contributed by atoms with Gasteiger partial charge in [-0.2, -0.15) is 0 Å². The van der Waals surface area contributed by atoms with Crippen molar-refractivity contribution in [2.45, 2.75) is 46.5 Å². The number of carbonyl (C=O) groups excluding carboxylic acids is 2. The lowest BCUT2D eigenvalue weighted by molar-refractivity contribution is -0.121. The lowest BCUT2D eigenvalue weighted by Gasteiger charge is -2.10. The summed E-state index contributed by atoms with van der Waals surface area (Å²) in [6.07, 6.45) is 3.85. The molecule has 0 saturated heterocycles. The van der Waals surface area contributed by atoms with Gasteiger partial charge in [0.05, 0.1) is 0 Å². The molecule has 0 aliphatic rings. The first-order valence-electron chi connectivity index (χ1n) is 5.32. The Labute approximate surface area is 86.3 Å². The standard InChI is InChI=1S/C11H21NO2/c1-4-11(9(2)13)7-5-6-8-12-10(3)14/h11H,4-8H2,1-3H3,(H,12,14)/t11-/m0/s1. The number of Topliss-reactive ketones (excluding diaryl/α,β-unsaturated/α-hetero) is 1. The molecule has 0 aromatic heterocycles. The molecule has 1 amide bonds. The van der Waals surface area contributed by atoms with Gasteiger partial charge in [-0.25, -0.2) is 0 Å². The van der Waals surface area contributed by atoms with E-state index in [4.69, 9.17) is 0 Å². The monoisotopic (exact) mass is 199 g/mol. The minimum absolute atomic E-state index is 0.0172. The average molecular weight is 199 g/mol. The van der Waals surface area contributed by atoms with Gasteiger partial charge in [0.15, 0.2) is 0 Å². The number of nitrogens with one attached hydrogen (secondary N) is 1. The molecular formula is C11H21NO2. The summed E-state index contributed by atoms with van der Waals surface area (Å²) in [5, 5.41) is 2.74. The Hall–Kier alpha value is -0.860. The number of hydrogen-bond donors (Lipinski definition) is 1. The molecule has 0 unspecified atom stereocenters.